The highest BCUT2D eigenvalue weighted by Crippen LogP contribution is 2.30. The summed E-state index contributed by atoms with van der Waals surface area (Å²) in [5.41, 5.74) is -0.429. The van der Waals surface area contributed by atoms with Crippen LogP contribution in [0.15, 0.2) is 53.4 Å². The van der Waals surface area contributed by atoms with Crippen LogP contribution in [-0.2, 0) is 25.2 Å². The zero-order valence-electron chi connectivity index (χ0n) is 18.1. The van der Waals surface area contributed by atoms with E-state index in [-0.39, 0.29) is 4.90 Å². The number of anilines is 1. The van der Waals surface area contributed by atoms with E-state index < -0.39 is 40.0 Å². The molecule has 3 rings (SSSR count). The zero-order valence-corrected chi connectivity index (χ0v) is 18.9. The lowest BCUT2D eigenvalue weighted by Crippen LogP contribution is -2.42. The highest BCUT2D eigenvalue weighted by molar-refractivity contribution is 7.89. The number of sulfonamides is 1. The summed E-state index contributed by atoms with van der Waals surface area (Å²) < 4.78 is 30.4. The maximum atomic E-state index is 13.0. The second-order valence-electron chi connectivity index (χ2n) is 7.53. The maximum absolute atomic E-state index is 13.0. The molecule has 1 saturated heterocycles. The Hall–Kier alpha value is -3.44. The molecule has 1 atom stereocenters. The fraction of sp³-hybridized carbons (Fsp3) is 0.286. The third kappa shape index (κ3) is 4.30. The van der Waals surface area contributed by atoms with E-state index in [9.17, 15) is 22.8 Å². The van der Waals surface area contributed by atoms with Crippen LogP contribution in [0.2, 0.25) is 0 Å². The Balaban J connectivity index is 1.70. The lowest BCUT2D eigenvalue weighted by Gasteiger charge is -2.22. The monoisotopic (exact) mass is 460 g/mol. The van der Waals surface area contributed by atoms with Gasteiger partial charge in [0.2, 0.25) is 15.9 Å². The number of hydrogen-bond acceptors (Lipinski definition) is 6. The molecule has 2 aromatic carbocycles. The Morgan fingerprint density at radius 3 is 2.22 bits per heavy atom. The Labute approximate surface area is 186 Å². The molecule has 0 aliphatic carbocycles. The van der Waals surface area contributed by atoms with Gasteiger partial charge in [0.15, 0.2) is 0 Å². The van der Waals surface area contributed by atoms with Crippen LogP contribution in [0.25, 0.3) is 0 Å². The molecule has 0 saturated carbocycles. The third-order valence-electron chi connectivity index (χ3n) is 5.16. The number of carbonyl (C=O) groups is 3. The molecule has 1 aliphatic heterocycles. The van der Waals surface area contributed by atoms with Crippen molar-refractivity contribution in [2.75, 3.05) is 33.1 Å². The predicted molar refractivity (Wildman–Crippen MR) is 117 cm³/mol. The van der Waals surface area contributed by atoms with Gasteiger partial charge in [0.1, 0.15) is 17.8 Å². The highest BCUT2D eigenvalue weighted by Gasteiger charge is 2.49. The Kier molecular flexibility index (Phi) is 6.24. The molecule has 1 fully saturated rings. The number of ether oxygens (including phenoxy) is 1. The van der Waals surface area contributed by atoms with Gasteiger partial charge >= 0.3 is 6.03 Å². The van der Waals surface area contributed by atoms with Gasteiger partial charge in [-0.25, -0.2) is 17.5 Å². The van der Waals surface area contributed by atoms with E-state index in [1.54, 1.807) is 31.2 Å². The molecule has 0 aromatic heterocycles. The lowest BCUT2D eigenvalue weighted by atomic mass is 9.92. The number of nitrogens with zero attached hydrogens (tertiary/aromatic N) is 2. The van der Waals surface area contributed by atoms with Gasteiger partial charge in [-0.15, -0.1) is 0 Å². The van der Waals surface area contributed by atoms with Crippen molar-refractivity contribution in [1.29, 1.82) is 0 Å². The molecule has 1 aliphatic rings. The van der Waals surface area contributed by atoms with Crippen LogP contribution in [0.3, 0.4) is 0 Å². The van der Waals surface area contributed by atoms with Gasteiger partial charge in [0.25, 0.3) is 5.91 Å². The Bertz CT molecular complexity index is 1150. The van der Waals surface area contributed by atoms with Gasteiger partial charge < -0.3 is 15.4 Å². The topological polar surface area (TPSA) is 125 Å². The van der Waals surface area contributed by atoms with E-state index in [4.69, 9.17) is 4.74 Å². The van der Waals surface area contributed by atoms with Crippen molar-refractivity contribution in [3.8, 4) is 5.75 Å². The maximum Gasteiger partial charge on any atom is 0.325 e. The van der Waals surface area contributed by atoms with E-state index >= 15 is 0 Å². The smallest absolute Gasteiger partial charge is 0.325 e. The first-order valence-electron chi connectivity index (χ1n) is 9.60. The molecule has 10 nitrogen and oxygen atoms in total. The number of nitrogens with one attached hydrogen (secondary N) is 2. The van der Waals surface area contributed by atoms with Crippen molar-refractivity contribution >= 4 is 33.6 Å². The van der Waals surface area contributed by atoms with Gasteiger partial charge in [-0.1, -0.05) is 12.1 Å². The van der Waals surface area contributed by atoms with Crippen LogP contribution in [0, 0.1) is 0 Å². The van der Waals surface area contributed by atoms with E-state index in [1.165, 1.54) is 45.5 Å². The molecule has 32 heavy (non-hydrogen) atoms. The van der Waals surface area contributed by atoms with E-state index in [1.807, 2.05) is 0 Å². The van der Waals surface area contributed by atoms with E-state index in [0.717, 1.165) is 9.21 Å². The predicted octanol–water partition coefficient (Wildman–Crippen LogP) is 1.35. The number of amides is 4. The van der Waals surface area contributed by atoms with E-state index in [0.29, 0.717) is 17.0 Å². The molecule has 4 amide bonds. The van der Waals surface area contributed by atoms with Crippen molar-refractivity contribution in [2.45, 2.75) is 17.4 Å². The number of benzene rings is 2. The second kappa shape index (κ2) is 8.60. The summed E-state index contributed by atoms with van der Waals surface area (Å²) in [5, 5.41) is 5.20. The Morgan fingerprint density at radius 2 is 1.69 bits per heavy atom. The lowest BCUT2D eigenvalue weighted by molar-refractivity contribution is -0.133. The zero-order chi connectivity index (χ0) is 23.7. The summed E-state index contributed by atoms with van der Waals surface area (Å²) in [6, 6.07) is 11.6. The van der Waals surface area contributed by atoms with Gasteiger partial charge in [-0.2, -0.15) is 0 Å². The van der Waals surface area contributed by atoms with Crippen molar-refractivity contribution in [2.24, 2.45) is 0 Å². The summed E-state index contributed by atoms with van der Waals surface area (Å²) in [4.78, 5) is 38.7. The molecule has 2 aromatic rings. The first-order valence-corrected chi connectivity index (χ1v) is 11.0. The summed E-state index contributed by atoms with van der Waals surface area (Å²) in [5.74, 6) is -0.555. The highest BCUT2D eigenvalue weighted by atomic mass is 32.2. The average Bonchev–Trinajstić information content (AvgIpc) is 2.98. The van der Waals surface area contributed by atoms with Gasteiger partial charge in [0, 0.05) is 19.8 Å². The molecule has 11 heteroatoms. The minimum Gasteiger partial charge on any atom is -0.497 e. The quantitative estimate of drug-likeness (QED) is 0.601. The van der Waals surface area contributed by atoms with Crippen molar-refractivity contribution in [1.82, 2.24) is 14.5 Å². The number of urea groups is 1. The number of imide groups is 1. The normalized spacial score (nSPS) is 18.6. The van der Waals surface area contributed by atoms with Crippen LogP contribution in [0.4, 0.5) is 10.5 Å². The minimum absolute atomic E-state index is 0.0739. The molecular formula is C21H24N4O6S. The summed E-state index contributed by atoms with van der Waals surface area (Å²) in [6.07, 6.45) is 0. The molecule has 0 bridgehead atoms. The molecule has 0 radical (unpaired) electrons. The first kappa shape index (κ1) is 23.2. The van der Waals surface area contributed by atoms with Crippen LogP contribution in [0.1, 0.15) is 12.5 Å². The van der Waals surface area contributed by atoms with E-state index in [2.05, 4.69) is 10.6 Å². The average molecular weight is 461 g/mol. The summed E-state index contributed by atoms with van der Waals surface area (Å²) >= 11 is 0. The fourth-order valence-electron chi connectivity index (χ4n) is 3.23. The molecule has 2 N–H and O–H groups in total. The Morgan fingerprint density at radius 1 is 1.09 bits per heavy atom. The number of methoxy groups -OCH3 is 1. The second-order valence-corrected chi connectivity index (χ2v) is 9.69. The number of carbonyl (C=O) groups excluding carboxylic acids is 3. The first-order chi connectivity index (χ1) is 15.0. The largest absolute Gasteiger partial charge is 0.497 e. The third-order valence-corrected chi connectivity index (χ3v) is 6.99. The van der Waals surface area contributed by atoms with Crippen LogP contribution in [0.5, 0.6) is 5.75 Å². The van der Waals surface area contributed by atoms with Crippen LogP contribution in [-0.4, -0.2) is 63.2 Å². The fourth-order valence-corrected chi connectivity index (χ4v) is 4.13. The molecule has 1 heterocycles. The molecule has 0 spiro atoms. The van der Waals surface area contributed by atoms with Crippen molar-refractivity contribution < 1.29 is 27.5 Å². The van der Waals surface area contributed by atoms with Gasteiger partial charge in [-0.3, -0.25) is 14.5 Å². The SMILES string of the molecule is COc1ccc(C2(C)NC(=O)N(CC(=O)Nc3ccc(S(=O)(=O)N(C)C)cc3)C2=O)cc1. The van der Waals surface area contributed by atoms with Crippen molar-refractivity contribution in [3.63, 3.8) is 0 Å². The van der Waals surface area contributed by atoms with Crippen LogP contribution < -0.4 is 15.4 Å². The number of rotatable bonds is 7. The standard InChI is InChI=1S/C21H24N4O6S/c1-21(14-5-9-16(31-4)10-6-14)19(27)25(20(28)23-21)13-18(26)22-15-7-11-17(12-8-15)32(29,30)24(2)3/h5-12H,13H2,1-4H3,(H,22,26)(H,23,28). The number of hydrogen-bond donors (Lipinski definition) is 2. The molecule has 170 valence electrons. The summed E-state index contributed by atoms with van der Waals surface area (Å²) in [6.45, 7) is 1.07. The van der Waals surface area contributed by atoms with Gasteiger partial charge in [0.05, 0.1) is 12.0 Å². The van der Waals surface area contributed by atoms with Gasteiger partial charge in [-0.05, 0) is 48.9 Å². The molecular weight excluding hydrogens is 436 g/mol. The summed E-state index contributed by atoms with van der Waals surface area (Å²) in [7, 11) is 0.769. The van der Waals surface area contributed by atoms with Crippen molar-refractivity contribution in [3.05, 3.63) is 54.1 Å². The molecule has 1 unspecified atom stereocenters. The van der Waals surface area contributed by atoms with Crippen LogP contribution >= 0.6 is 0 Å². The minimum atomic E-state index is -3.59.